The lowest BCUT2D eigenvalue weighted by molar-refractivity contribution is 0.104. The van der Waals surface area contributed by atoms with E-state index in [4.69, 9.17) is 21.1 Å². The van der Waals surface area contributed by atoms with Crippen molar-refractivity contribution in [3.05, 3.63) is 58.9 Å². The molecule has 20 heavy (non-hydrogen) atoms. The van der Waals surface area contributed by atoms with Gasteiger partial charge in [-0.2, -0.15) is 0 Å². The summed E-state index contributed by atoms with van der Waals surface area (Å²) in [5.74, 6) is 1.01. The monoisotopic (exact) mass is 287 g/mol. The van der Waals surface area contributed by atoms with Gasteiger partial charge >= 0.3 is 0 Å². The Hall–Kier alpha value is -2.33. The summed E-state index contributed by atoms with van der Waals surface area (Å²) in [6, 6.07) is 6.94. The Morgan fingerprint density at radius 1 is 1.35 bits per heavy atom. The lowest BCUT2D eigenvalue weighted by Crippen LogP contribution is -1.94. The van der Waals surface area contributed by atoms with Crippen LogP contribution < -0.4 is 9.47 Å². The molecule has 0 saturated heterocycles. The maximum atomic E-state index is 11.9. The van der Waals surface area contributed by atoms with Gasteiger partial charge in [-0.1, -0.05) is 17.7 Å². The second kappa shape index (κ2) is 5.35. The van der Waals surface area contributed by atoms with Crippen molar-refractivity contribution in [3.63, 3.8) is 0 Å². The zero-order chi connectivity index (χ0) is 13.9. The van der Waals surface area contributed by atoms with E-state index >= 15 is 0 Å². The Balaban J connectivity index is 1.83. The maximum absolute atomic E-state index is 11.9. The topological polar surface area (TPSA) is 48.4 Å². The van der Waals surface area contributed by atoms with Gasteiger partial charge in [0.05, 0.1) is 5.02 Å². The van der Waals surface area contributed by atoms with Crippen molar-refractivity contribution in [2.24, 2.45) is 0 Å². The number of ether oxygens (including phenoxy) is 2. The van der Waals surface area contributed by atoms with Crippen LogP contribution >= 0.6 is 11.6 Å². The van der Waals surface area contributed by atoms with Gasteiger partial charge in [0.1, 0.15) is 0 Å². The van der Waals surface area contributed by atoms with Crippen molar-refractivity contribution >= 4 is 23.5 Å². The van der Waals surface area contributed by atoms with E-state index in [0.29, 0.717) is 22.1 Å². The number of carbonyl (C=O) groups is 1. The molecule has 100 valence electrons. The van der Waals surface area contributed by atoms with Gasteiger partial charge in [-0.25, -0.2) is 0 Å². The van der Waals surface area contributed by atoms with Crippen LogP contribution in [-0.2, 0) is 0 Å². The Morgan fingerprint density at radius 3 is 3.05 bits per heavy atom. The normalized spacial score (nSPS) is 12.8. The molecule has 0 aliphatic carbocycles. The van der Waals surface area contributed by atoms with Crippen LogP contribution in [-0.4, -0.2) is 17.6 Å². The van der Waals surface area contributed by atoms with Gasteiger partial charge in [0, 0.05) is 18.0 Å². The van der Waals surface area contributed by atoms with Gasteiger partial charge in [0.2, 0.25) is 6.79 Å². The third kappa shape index (κ3) is 2.51. The molecule has 0 unspecified atom stereocenters. The number of ketones is 1. The van der Waals surface area contributed by atoms with Crippen LogP contribution in [0.3, 0.4) is 0 Å². The van der Waals surface area contributed by atoms with E-state index in [9.17, 15) is 4.79 Å². The van der Waals surface area contributed by atoms with E-state index in [1.54, 1.807) is 36.5 Å². The lowest BCUT2D eigenvalue weighted by Gasteiger charge is -2.01. The summed E-state index contributed by atoms with van der Waals surface area (Å²) in [4.78, 5) is 15.8. The number of hydrogen-bond donors (Lipinski definition) is 0. The largest absolute Gasteiger partial charge is 0.454 e. The maximum Gasteiger partial charge on any atom is 0.231 e. The first-order valence-corrected chi connectivity index (χ1v) is 6.33. The highest BCUT2D eigenvalue weighted by Crippen LogP contribution is 2.40. The summed E-state index contributed by atoms with van der Waals surface area (Å²) in [5, 5.41) is 0.466. The predicted octanol–water partition coefficient (Wildman–Crippen LogP) is 3.36. The summed E-state index contributed by atoms with van der Waals surface area (Å²) in [5.41, 5.74) is 1.31. The van der Waals surface area contributed by atoms with Crippen LogP contribution in [0, 0.1) is 0 Å². The minimum Gasteiger partial charge on any atom is -0.454 e. The molecular formula is C15H10ClNO3. The summed E-state index contributed by atoms with van der Waals surface area (Å²) < 4.78 is 10.5. The molecule has 0 N–H and O–H groups in total. The fraction of sp³-hybridized carbons (Fsp3) is 0.0667. The molecule has 3 rings (SSSR count). The number of hydrogen-bond acceptors (Lipinski definition) is 4. The highest BCUT2D eigenvalue weighted by Gasteiger charge is 2.17. The molecule has 4 nitrogen and oxygen atoms in total. The third-order valence-corrected chi connectivity index (χ3v) is 3.10. The predicted molar refractivity (Wildman–Crippen MR) is 75.2 cm³/mol. The Labute approximate surface area is 120 Å². The van der Waals surface area contributed by atoms with E-state index in [2.05, 4.69) is 4.98 Å². The third-order valence-electron chi connectivity index (χ3n) is 2.82. The first-order valence-electron chi connectivity index (χ1n) is 5.95. The molecule has 5 heteroatoms. The minimum atomic E-state index is -0.119. The van der Waals surface area contributed by atoms with E-state index in [0.717, 1.165) is 5.56 Å². The van der Waals surface area contributed by atoms with Crippen LogP contribution in [0.4, 0.5) is 0 Å². The fourth-order valence-corrected chi connectivity index (χ4v) is 2.13. The van der Waals surface area contributed by atoms with Crippen LogP contribution in [0.5, 0.6) is 11.5 Å². The molecule has 0 atom stereocenters. The molecule has 2 aromatic rings. The number of benzene rings is 1. The number of allylic oxidation sites excluding steroid dienone is 1. The van der Waals surface area contributed by atoms with Crippen molar-refractivity contribution in [2.75, 3.05) is 6.79 Å². The standard InChI is InChI=1S/C15H10ClNO3/c16-12-6-10(7-14-15(12)20-9-19-14)3-4-13(18)11-2-1-5-17-8-11/h1-8H,9H2. The summed E-state index contributed by atoms with van der Waals surface area (Å²) in [7, 11) is 0. The molecule has 0 fully saturated rings. The number of halogens is 1. The van der Waals surface area contributed by atoms with Crippen LogP contribution in [0.1, 0.15) is 15.9 Å². The summed E-state index contributed by atoms with van der Waals surface area (Å²) in [6.45, 7) is 0.164. The highest BCUT2D eigenvalue weighted by molar-refractivity contribution is 6.32. The molecule has 1 aliphatic heterocycles. The lowest BCUT2D eigenvalue weighted by atomic mass is 10.1. The first kappa shape index (κ1) is 12.7. The summed E-state index contributed by atoms with van der Waals surface area (Å²) in [6.07, 6.45) is 6.31. The molecule has 0 radical (unpaired) electrons. The van der Waals surface area contributed by atoms with Gasteiger partial charge in [-0.3, -0.25) is 9.78 Å². The zero-order valence-electron chi connectivity index (χ0n) is 10.4. The van der Waals surface area contributed by atoms with E-state index in [-0.39, 0.29) is 12.6 Å². The SMILES string of the molecule is O=C(C=Cc1cc(Cl)c2c(c1)OCO2)c1cccnc1. The molecule has 1 aromatic heterocycles. The van der Waals surface area contributed by atoms with Crippen molar-refractivity contribution in [1.82, 2.24) is 4.98 Å². The van der Waals surface area contributed by atoms with Crippen LogP contribution in [0.25, 0.3) is 6.08 Å². The quantitative estimate of drug-likeness (QED) is 0.641. The number of fused-ring (bicyclic) bond motifs is 1. The van der Waals surface area contributed by atoms with Gasteiger partial charge in [-0.05, 0) is 35.9 Å². The number of pyridine rings is 1. The minimum absolute atomic E-state index is 0.119. The average molecular weight is 288 g/mol. The second-order valence-electron chi connectivity index (χ2n) is 4.18. The number of carbonyl (C=O) groups excluding carboxylic acids is 1. The van der Waals surface area contributed by atoms with Gasteiger partial charge in [-0.15, -0.1) is 0 Å². The van der Waals surface area contributed by atoms with Crippen molar-refractivity contribution in [1.29, 1.82) is 0 Å². The highest BCUT2D eigenvalue weighted by atomic mass is 35.5. The molecule has 0 bridgehead atoms. The first-order chi connectivity index (χ1) is 9.74. The van der Waals surface area contributed by atoms with Crippen LogP contribution in [0.2, 0.25) is 5.02 Å². The average Bonchev–Trinajstić information content (AvgIpc) is 2.94. The van der Waals surface area contributed by atoms with Crippen molar-refractivity contribution in [2.45, 2.75) is 0 Å². The van der Waals surface area contributed by atoms with Crippen molar-refractivity contribution in [3.8, 4) is 11.5 Å². The van der Waals surface area contributed by atoms with Gasteiger partial charge in [0.15, 0.2) is 17.3 Å². The number of rotatable bonds is 3. The van der Waals surface area contributed by atoms with Crippen LogP contribution in [0.15, 0.2) is 42.7 Å². The molecule has 0 saturated carbocycles. The van der Waals surface area contributed by atoms with E-state index in [1.807, 2.05) is 0 Å². The molecule has 0 amide bonds. The summed E-state index contributed by atoms with van der Waals surface area (Å²) >= 11 is 6.07. The number of aromatic nitrogens is 1. The molecule has 2 heterocycles. The fourth-order valence-electron chi connectivity index (χ4n) is 1.86. The Kier molecular flexibility index (Phi) is 3.39. The number of nitrogens with zero attached hydrogens (tertiary/aromatic N) is 1. The van der Waals surface area contributed by atoms with Gasteiger partial charge < -0.3 is 9.47 Å². The van der Waals surface area contributed by atoms with E-state index < -0.39 is 0 Å². The Bertz CT molecular complexity index is 683. The molecule has 1 aromatic carbocycles. The molecule has 0 spiro atoms. The van der Waals surface area contributed by atoms with Gasteiger partial charge in [0.25, 0.3) is 0 Å². The smallest absolute Gasteiger partial charge is 0.231 e. The molecule has 1 aliphatic rings. The van der Waals surface area contributed by atoms with E-state index in [1.165, 1.54) is 12.3 Å². The van der Waals surface area contributed by atoms with Crippen molar-refractivity contribution < 1.29 is 14.3 Å². The second-order valence-corrected chi connectivity index (χ2v) is 4.58. The Morgan fingerprint density at radius 2 is 2.25 bits per heavy atom. The molecular weight excluding hydrogens is 278 g/mol. The zero-order valence-corrected chi connectivity index (χ0v) is 11.1.